The van der Waals surface area contributed by atoms with Crippen LogP contribution in [-0.2, 0) is 4.74 Å². The van der Waals surface area contributed by atoms with Gasteiger partial charge in [-0.05, 0) is 76.3 Å². The van der Waals surface area contributed by atoms with Crippen LogP contribution < -0.4 is 16.6 Å². The molecule has 1 aromatic carbocycles. The first kappa shape index (κ1) is 26.3. The zero-order valence-corrected chi connectivity index (χ0v) is 22.1. The van der Waals surface area contributed by atoms with Gasteiger partial charge < -0.3 is 10.1 Å². The number of benzene rings is 1. The molecule has 0 radical (unpaired) electrons. The molecule has 1 fully saturated rings. The molecule has 0 saturated heterocycles. The molecule has 1 aliphatic rings. The second kappa shape index (κ2) is 10.4. The lowest BCUT2D eigenvalue weighted by atomic mass is 9.91. The second-order valence-electron chi connectivity index (χ2n) is 10.8. The third-order valence-corrected chi connectivity index (χ3v) is 6.77. The van der Waals surface area contributed by atoms with Crippen LogP contribution in [0.5, 0.6) is 0 Å². The summed E-state index contributed by atoms with van der Waals surface area (Å²) in [6.45, 7) is 5.39. The van der Waals surface area contributed by atoms with Crippen LogP contribution in [0.1, 0.15) is 52.5 Å². The van der Waals surface area contributed by atoms with Gasteiger partial charge in [0.2, 0.25) is 0 Å². The summed E-state index contributed by atoms with van der Waals surface area (Å²) in [5, 5.41) is 2.90. The van der Waals surface area contributed by atoms with Crippen molar-refractivity contribution >= 4 is 17.1 Å². The first-order chi connectivity index (χ1) is 18.6. The summed E-state index contributed by atoms with van der Waals surface area (Å²) in [5.74, 6) is -0.661. The first-order valence-corrected chi connectivity index (χ1v) is 12.9. The van der Waals surface area contributed by atoms with Gasteiger partial charge in [-0.15, -0.1) is 0 Å². The fraction of sp³-hybridized carbons (Fsp3) is 0.345. The molecule has 5 rings (SSSR count). The van der Waals surface area contributed by atoms with Gasteiger partial charge in [-0.1, -0.05) is 18.2 Å². The highest BCUT2D eigenvalue weighted by Crippen LogP contribution is 2.28. The Morgan fingerprint density at radius 2 is 1.77 bits per heavy atom. The van der Waals surface area contributed by atoms with Crippen LogP contribution in [0.15, 0.2) is 70.6 Å². The summed E-state index contributed by atoms with van der Waals surface area (Å²) in [7, 11) is 0. The number of pyridine rings is 2. The molecule has 1 saturated carbocycles. The van der Waals surface area contributed by atoms with E-state index in [2.05, 4.69) is 15.3 Å². The molecule has 0 unspecified atom stereocenters. The smallest absolute Gasteiger partial charge is 0.407 e. The van der Waals surface area contributed by atoms with Gasteiger partial charge >= 0.3 is 11.8 Å². The number of amides is 1. The minimum atomic E-state index is -0.661. The van der Waals surface area contributed by atoms with Crippen molar-refractivity contribution in [2.45, 2.75) is 64.1 Å². The highest BCUT2D eigenvalue weighted by molar-refractivity contribution is 5.76. The molecule has 1 N–H and O–H groups in total. The lowest BCUT2D eigenvalue weighted by molar-refractivity contribution is 0.0487. The lowest BCUT2D eigenvalue weighted by Crippen LogP contribution is -2.45. The van der Waals surface area contributed by atoms with Crippen molar-refractivity contribution in [2.75, 3.05) is 0 Å². The second-order valence-corrected chi connectivity index (χ2v) is 10.8. The quantitative estimate of drug-likeness (QED) is 0.407. The number of carbonyl (C=O) groups excluding carboxylic acids is 1. The Balaban J connectivity index is 1.53. The summed E-state index contributed by atoms with van der Waals surface area (Å²) in [6.07, 6.45) is 6.00. The van der Waals surface area contributed by atoms with Crippen LogP contribution in [0.4, 0.5) is 9.18 Å². The Hall–Kier alpha value is -4.34. The summed E-state index contributed by atoms with van der Waals surface area (Å²) < 4.78 is 22.2. The van der Waals surface area contributed by atoms with Crippen molar-refractivity contribution in [3.05, 3.63) is 87.7 Å². The number of hydrogen-bond donors (Lipinski definition) is 1. The zero-order valence-electron chi connectivity index (χ0n) is 22.1. The summed E-state index contributed by atoms with van der Waals surface area (Å²) >= 11 is 0. The van der Waals surface area contributed by atoms with Crippen LogP contribution in [-0.4, -0.2) is 36.8 Å². The molecular weight excluding hydrogens is 501 g/mol. The Bertz CT molecular complexity index is 1630. The zero-order chi connectivity index (χ0) is 27.7. The minimum Gasteiger partial charge on any atom is -0.444 e. The molecule has 3 heterocycles. The molecule has 0 spiro atoms. The van der Waals surface area contributed by atoms with Gasteiger partial charge in [-0.3, -0.25) is 14.3 Å². The van der Waals surface area contributed by atoms with E-state index in [1.54, 1.807) is 39.2 Å². The molecule has 1 amide bonds. The summed E-state index contributed by atoms with van der Waals surface area (Å²) in [4.78, 5) is 48.0. The average molecular weight is 532 g/mol. The predicted octanol–water partition coefficient (Wildman–Crippen LogP) is 4.76. The van der Waals surface area contributed by atoms with E-state index >= 15 is 0 Å². The standard InChI is InChI=1S/C29H30FN5O4/c1-29(2,3)39-27(37)33-21-9-11-22(12-10-21)35-26(36)24-15-20(30)17-32-25(24)34(28(35)38)23-8-4-6-18(14-23)19-7-5-13-31-16-19/h4-8,13-17,21-22H,9-12H2,1-3H3,(H,33,37). The van der Waals surface area contributed by atoms with Crippen molar-refractivity contribution < 1.29 is 13.9 Å². The van der Waals surface area contributed by atoms with E-state index in [0.29, 0.717) is 31.4 Å². The van der Waals surface area contributed by atoms with Crippen LogP contribution >= 0.6 is 0 Å². The van der Waals surface area contributed by atoms with Crippen LogP contribution in [0.2, 0.25) is 0 Å². The third kappa shape index (κ3) is 5.59. The highest BCUT2D eigenvalue weighted by Gasteiger charge is 2.29. The van der Waals surface area contributed by atoms with Crippen LogP contribution in [0.25, 0.3) is 27.8 Å². The largest absolute Gasteiger partial charge is 0.444 e. The number of aromatic nitrogens is 4. The third-order valence-electron chi connectivity index (χ3n) is 6.77. The van der Waals surface area contributed by atoms with Crippen molar-refractivity contribution in [3.63, 3.8) is 0 Å². The number of halogens is 1. The molecule has 9 nitrogen and oxygen atoms in total. The monoisotopic (exact) mass is 531 g/mol. The van der Waals surface area contributed by atoms with Gasteiger partial charge in [0.05, 0.1) is 17.3 Å². The topological polar surface area (TPSA) is 108 Å². The van der Waals surface area contributed by atoms with Crippen molar-refractivity contribution in [1.29, 1.82) is 0 Å². The molecule has 1 aliphatic carbocycles. The van der Waals surface area contributed by atoms with E-state index in [0.717, 1.165) is 23.4 Å². The number of nitrogens with one attached hydrogen (secondary N) is 1. The van der Waals surface area contributed by atoms with E-state index in [-0.39, 0.29) is 17.1 Å². The average Bonchev–Trinajstić information content (AvgIpc) is 2.90. The van der Waals surface area contributed by atoms with E-state index in [9.17, 15) is 18.8 Å². The van der Waals surface area contributed by atoms with E-state index in [1.807, 2.05) is 30.3 Å². The Labute approximate surface area is 224 Å². The predicted molar refractivity (Wildman–Crippen MR) is 145 cm³/mol. The molecule has 39 heavy (non-hydrogen) atoms. The van der Waals surface area contributed by atoms with Crippen molar-refractivity contribution in [1.82, 2.24) is 24.4 Å². The van der Waals surface area contributed by atoms with Crippen LogP contribution in [0.3, 0.4) is 0 Å². The molecule has 0 atom stereocenters. The van der Waals surface area contributed by atoms with Gasteiger partial charge in [0, 0.05) is 30.0 Å². The number of alkyl carbamates (subject to hydrolysis) is 1. The van der Waals surface area contributed by atoms with Gasteiger partial charge in [0.15, 0.2) is 5.65 Å². The number of hydrogen-bond acceptors (Lipinski definition) is 6. The maximum absolute atomic E-state index is 14.2. The molecule has 0 bridgehead atoms. The molecule has 4 aromatic rings. The SMILES string of the molecule is CC(C)(C)OC(=O)NC1CCC(n2c(=O)c3cc(F)cnc3n(-c3cccc(-c4cccnc4)c3)c2=O)CC1. The number of carbonyl (C=O) groups is 1. The summed E-state index contributed by atoms with van der Waals surface area (Å²) in [5.41, 5.74) is 0.547. The van der Waals surface area contributed by atoms with Gasteiger partial charge in [-0.2, -0.15) is 0 Å². The Morgan fingerprint density at radius 3 is 2.46 bits per heavy atom. The molecule has 3 aromatic heterocycles. The number of rotatable bonds is 4. The van der Waals surface area contributed by atoms with Gasteiger partial charge in [0.25, 0.3) is 5.56 Å². The summed E-state index contributed by atoms with van der Waals surface area (Å²) in [6, 6.07) is 11.6. The number of ether oxygens (including phenoxy) is 1. The van der Waals surface area contributed by atoms with E-state index in [4.69, 9.17) is 4.74 Å². The maximum Gasteiger partial charge on any atom is 0.407 e. The van der Waals surface area contributed by atoms with Crippen LogP contribution in [0, 0.1) is 5.82 Å². The Kier molecular flexibility index (Phi) is 7.03. The molecule has 0 aliphatic heterocycles. The fourth-order valence-corrected chi connectivity index (χ4v) is 5.05. The van der Waals surface area contributed by atoms with Crippen molar-refractivity contribution in [3.8, 4) is 16.8 Å². The van der Waals surface area contributed by atoms with E-state index in [1.165, 1.54) is 9.13 Å². The maximum atomic E-state index is 14.2. The molecular formula is C29H30FN5O4. The minimum absolute atomic E-state index is 0.0235. The van der Waals surface area contributed by atoms with Crippen molar-refractivity contribution in [2.24, 2.45) is 0 Å². The van der Waals surface area contributed by atoms with Gasteiger partial charge in [-0.25, -0.2) is 23.5 Å². The lowest BCUT2D eigenvalue weighted by Gasteiger charge is -2.31. The fourth-order valence-electron chi connectivity index (χ4n) is 5.05. The Morgan fingerprint density at radius 1 is 1.03 bits per heavy atom. The first-order valence-electron chi connectivity index (χ1n) is 12.9. The molecule has 10 heteroatoms. The highest BCUT2D eigenvalue weighted by atomic mass is 19.1. The number of nitrogens with zero attached hydrogens (tertiary/aromatic N) is 4. The number of fused-ring (bicyclic) bond motifs is 1. The molecule has 202 valence electrons. The van der Waals surface area contributed by atoms with Gasteiger partial charge in [0.1, 0.15) is 11.4 Å². The van der Waals surface area contributed by atoms with E-state index < -0.39 is 34.8 Å². The normalized spacial score (nSPS) is 17.6.